The second kappa shape index (κ2) is 9.73. The fourth-order valence-electron chi connectivity index (χ4n) is 3.43. The van der Waals surface area contributed by atoms with Crippen molar-refractivity contribution in [2.75, 3.05) is 52.5 Å². The van der Waals surface area contributed by atoms with Gasteiger partial charge in [0, 0.05) is 29.7 Å². The summed E-state index contributed by atoms with van der Waals surface area (Å²) in [6, 6.07) is 7.79. The molecule has 2 aliphatic heterocycles. The third kappa shape index (κ3) is 6.11. The number of carbonyl (C=O) groups excluding carboxylic acids is 1. The van der Waals surface area contributed by atoms with Crippen LogP contribution in [0.25, 0.3) is 0 Å². The molecule has 2 fully saturated rings. The van der Waals surface area contributed by atoms with Gasteiger partial charge in [-0.05, 0) is 78.6 Å². The zero-order valence-electron chi connectivity index (χ0n) is 14.7. The molecule has 0 atom stereocenters. The van der Waals surface area contributed by atoms with E-state index in [1.807, 2.05) is 29.2 Å². The summed E-state index contributed by atoms with van der Waals surface area (Å²) >= 11 is 2.26. The number of amides is 1. The van der Waals surface area contributed by atoms with Crippen LogP contribution >= 0.6 is 22.6 Å². The maximum Gasteiger partial charge on any atom is 0.260 e. The second-order valence-electron chi connectivity index (χ2n) is 6.81. The number of hydrogen-bond acceptors (Lipinski definition) is 4. The van der Waals surface area contributed by atoms with Crippen LogP contribution in [-0.2, 0) is 9.53 Å². The SMILES string of the molecule is O=C(COc1ccc(I)cc1)N1CCC(CCN2CCOCC2)CC1. The molecule has 1 aromatic rings. The van der Waals surface area contributed by atoms with Crippen LogP contribution in [0.1, 0.15) is 19.3 Å². The van der Waals surface area contributed by atoms with E-state index in [-0.39, 0.29) is 12.5 Å². The monoisotopic (exact) mass is 458 g/mol. The standard InChI is InChI=1S/C19H27IN2O3/c20-17-1-3-18(4-2-17)25-15-19(23)22-9-6-16(7-10-22)5-8-21-11-13-24-14-12-21/h1-4,16H,5-15H2. The van der Waals surface area contributed by atoms with E-state index >= 15 is 0 Å². The Morgan fingerprint density at radius 3 is 2.48 bits per heavy atom. The lowest BCUT2D eigenvalue weighted by Crippen LogP contribution is -2.42. The van der Waals surface area contributed by atoms with Gasteiger partial charge in [-0.1, -0.05) is 0 Å². The van der Waals surface area contributed by atoms with Gasteiger partial charge in [-0.15, -0.1) is 0 Å². The highest BCUT2D eigenvalue weighted by atomic mass is 127. The van der Waals surface area contributed by atoms with E-state index in [2.05, 4.69) is 27.5 Å². The van der Waals surface area contributed by atoms with Gasteiger partial charge in [0.25, 0.3) is 5.91 Å². The maximum atomic E-state index is 12.3. The van der Waals surface area contributed by atoms with Crippen molar-refractivity contribution in [3.8, 4) is 5.75 Å². The second-order valence-corrected chi connectivity index (χ2v) is 8.06. The summed E-state index contributed by atoms with van der Waals surface area (Å²) in [6.07, 6.45) is 3.46. The first kappa shape index (κ1) is 18.9. The van der Waals surface area contributed by atoms with E-state index < -0.39 is 0 Å². The number of hydrogen-bond donors (Lipinski definition) is 0. The molecule has 0 spiro atoms. The van der Waals surface area contributed by atoms with E-state index in [0.29, 0.717) is 0 Å². The van der Waals surface area contributed by atoms with E-state index in [1.165, 1.54) is 6.42 Å². The molecular formula is C19H27IN2O3. The van der Waals surface area contributed by atoms with Crippen molar-refractivity contribution in [2.45, 2.75) is 19.3 Å². The molecule has 1 amide bonds. The van der Waals surface area contributed by atoms with Gasteiger partial charge < -0.3 is 14.4 Å². The largest absolute Gasteiger partial charge is 0.484 e. The van der Waals surface area contributed by atoms with Gasteiger partial charge in [-0.3, -0.25) is 9.69 Å². The van der Waals surface area contributed by atoms with Gasteiger partial charge in [0.2, 0.25) is 0 Å². The minimum absolute atomic E-state index is 0.102. The van der Waals surface area contributed by atoms with Crippen LogP contribution in [0.15, 0.2) is 24.3 Å². The number of benzene rings is 1. The number of nitrogens with zero attached hydrogens (tertiary/aromatic N) is 2. The number of likely N-dealkylation sites (tertiary alicyclic amines) is 1. The van der Waals surface area contributed by atoms with Crippen LogP contribution in [0.2, 0.25) is 0 Å². The fraction of sp³-hybridized carbons (Fsp3) is 0.632. The molecule has 0 aromatic heterocycles. The van der Waals surface area contributed by atoms with Crippen molar-refractivity contribution >= 4 is 28.5 Å². The van der Waals surface area contributed by atoms with Crippen molar-refractivity contribution in [3.63, 3.8) is 0 Å². The molecule has 0 saturated carbocycles. The molecule has 2 saturated heterocycles. The lowest BCUT2D eigenvalue weighted by atomic mass is 9.93. The summed E-state index contributed by atoms with van der Waals surface area (Å²) in [5.41, 5.74) is 0. The van der Waals surface area contributed by atoms with E-state index in [1.54, 1.807) is 0 Å². The number of halogens is 1. The van der Waals surface area contributed by atoms with Gasteiger partial charge in [-0.25, -0.2) is 0 Å². The van der Waals surface area contributed by atoms with Gasteiger partial charge in [0.15, 0.2) is 6.61 Å². The minimum atomic E-state index is 0.102. The Balaban J connectivity index is 1.33. The molecule has 6 heteroatoms. The highest BCUT2D eigenvalue weighted by Crippen LogP contribution is 2.21. The van der Waals surface area contributed by atoms with Gasteiger partial charge in [0.1, 0.15) is 5.75 Å². The maximum absolute atomic E-state index is 12.3. The topological polar surface area (TPSA) is 42.0 Å². The lowest BCUT2D eigenvalue weighted by molar-refractivity contribution is -0.134. The average molecular weight is 458 g/mol. The highest BCUT2D eigenvalue weighted by molar-refractivity contribution is 14.1. The van der Waals surface area contributed by atoms with E-state index in [9.17, 15) is 4.79 Å². The minimum Gasteiger partial charge on any atom is -0.484 e. The Bertz CT molecular complexity index is 538. The molecular weight excluding hydrogens is 431 g/mol. The van der Waals surface area contributed by atoms with Crippen LogP contribution in [0.5, 0.6) is 5.75 Å². The summed E-state index contributed by atoms with van der Waals surface area (Å²) < 4.78 is 12.2. The molecule has 1 aromatic carbocycles. The summed E-state index contributed by atoms with van der Waals surface area (Å²) in [6.45, 7) is 6.89. The Morgan fingerprint density at radius 1 is 1.12 bits per heavy atom. The first-order chi connectivity index (χ1) is 12.2. The predicted octanol–water partition coefficient (Wildman–Crippen LogP) is 2.63. The Hall–Kier alpha value is -0.860. The Morgan fingerprint density at radius 2 is 1.80 bits per heavy atom. The van der Waals surface area contributed by atoms with Gasteiger partial charge in [-0.2, -0.15) is 0 Å². The zero-order chi connectivity index (χ0) is 17.5. The normalized spacial score (nSPS) is 19.8. The van der Waals surface area contributed by atoms with Crippen molar-refractivity contribution in [1.82, 2.24) is 9.80 Å². The number of carbonyl (C=O) groups is 1. The van der Waals surface area contributed by atoms with Crippen LogP contribution < -0.4 is 4.74 Å². The van der Waals surface area contributed by atoms with E-state index in [4.69, 9.17) is 9.47 Å². The Labute approximate surface area is 163 Å². The number of morpholine rings is 1. The molecule has 0 unspecified atom stereocenters. The molecule has 3 rings (SSSR count). The number of ether oxygens (including phenoxy) is 2. The van der Waals surface area contributed by atoms with Gasteiger partial charge in [0.05, 0.1) is 13.2 Å². The van der Waals surface area contributed by atoms with Gasteiger partial charge >= 0.3 is 0 Å². The zero-order valence-corrected chi connectivity index (χ0v) is 16.8. The van der Waals surface area contributed by atoms with Crippen molar-refractivity contribution in [2.24, 2.45) is 5.92 Å². The molecule has 5 nitrogen and oxygen atoms in total. The Kier molecular flexibility index (Phi) is 7.36. The van der Waals surface area contributed by atoms with Crippen LogP contribution in [0.3, 0.4) is 0 Å². The van der Waals surface area contributed by atoms with Crippen molar-refractivity contribution in [3.05, 3.63) is 27.8 Å². The number of piperidine rings is 1. The predicted molar refractivity (Wildman–Crippen MR) is 106 cm³/mol. The third-order valence-electron chi connectivity index (χ3n) is 5.10. The van der Waals surface area contributed by atoms with Crippen LogP contribution in [-0.4, -0.2) is 68.3 Å². The molecule has 2 aliphatic rings. The quantitative estimate of drug-likeness (QED) is 0.615. The molecule has 2 heterocycles. The lowest BCUT2D eigenvalue weighted by Gasteiger charge is -2.34. The molecule has 0 bridgehead atoms. The summed E-state index contributed by atoms with van der Waals surface area (Å²) in [5.74, 6) is 1.60. The van der Waals surface area contributed by atoms with Crippen LogP contribution in [0.4, 0.5) is 0 Å². The molecule has 25 heavy (non-hydrogen) atoms. The number of rotatable bonds is 6. The smallest absolute Gasteiger partial charge is 0.260 e. The molecule has 138 valence electrons. The fourth-order valence-corrected chi connectivity index (χ4v) is 3.79. The first-order valence-corrected chi connectivity index (χ1v) is 10.2. The molecule has 0 radical (unpaired) electrons. The molecule has 0 aliphatic carbocycles. The third-order valence-corrected chi connectivity index (χ3v) is 5.82. The van der Waals surface area contributed by atoms with E-state index in [0.717, 1.165) is 74.0 Å². The summed E-state index contributed by atoms with van der Waals surface area (Å²) in [7, 11) is 0. The van der Waals surface area contributed by atoms with Crippen molar-refractivity contribution in [1.29, 1.82) is 0 Å². The van der Waals surface area contributed by atoms with Crippen LogP contribution in [0, 0.1) is 9.49 Å². The summed E-state index contributed by atoms with van der Waals surface area (Å²) in [5, 5.41) is 0. The molecule has 0 N–H and O–H groups in total. The highest BCUT2D eigenvalue weighted by Gasteiger charge is 2.23. The van der Waals surface area contributed by atoms with Crippen molar-refractivity contribution < 1.29 is 14.3 Å². The average Bonchev–Trinajstić information content (AvgIpc) is 2.67. The first-order valence-electron chi connectivity index (χ1n) is 9.17. The summed E-state index contributed by atoms with van der Waals surface area (Å²) in [4.78, 5) is 16.8.